The number of rotatable bonds is 1. The molecule has 1 fully saturated rings. The molecule has 3 atom stereocenters. The molecule has 0 aromatic heterocycles. The van der Waals surface area contributed by atoms with Gasteiger partial charge >= 0.3 is 0 Å². The Balaban J connectivity index is 2.60. The van der Waals surface area contributed by atoms with Crippen LogP contribution in [-0.2, 0) is 0 Å². The Morgan fingerprint density at radius 1 is 1.33 bits per heavy atom. The molecule has 72 valence electrons. The lowest BCUT2D eigenvalue weighted by molar-refractivity contribution is 0.269. The molecule has 12 heavy (non-hydrogen) atoms. The molecule has 2 heteroatoms. The van der Waals surface area contributed by atoms with Gasteiger partial charge < -0.3 is 11.5 Å². The zero-order valence-electron chi connectivity index (χ0n) is 8.34. The topological polar surface area (TPSA) is 52.0 Å². The van der Waals surface area contributed by atoms with Crippen LogP contribution >= 0.6 is 0 Å². The fraction of sp³-hybridized carbons (Fsp3) is 1.00. The van der Waals surface area contributed by atoms with Gasteiger partial charge in [-0.25, -0.2) is 0 Å². The summed E-state index contributed by atoms with van der Waals surface area (Å²) in [6, 6.07) is 0.393. The summed E-state index contributed by atoms with van der Waals surface area (Å²) < 4.78 is 0. The third-order valence-corrected chi connectivity index (χ3v) is 3.37. The van der Waals surface area contributed by atoms with E-state index in [1.54, 1.807) is 0 Å². The van der Waals surface area contributed by atoms with Gasteiger partial charge in [0.15, 0.2) is 0 Å². The first-order valence-corrected chi connectivity index (χ1v) is 5.10. The van der Waals surface area contributed by atoms with E-state index in [1.165, 1.54) is 12.8 Å². The van der Waals surface area contributed by atoms with Gasteiger partial charge in [-0.2, -0.15) is 0 Å². The van der Waals surface area contributed by atoms with Crippen molar-refractivity contribution in [2.45, 2.75) is 57.5 Å². The van der Waals surface area contributed by atoms with Gasteiger partial charge in [0.2, 0.25) is 0 Å². The minimum Gasteiger partial charge on any atom is -0.328 e. The van der Waals surface area contributed by atoms with Gasteiger partial charge in [0, 0.05) is 11.6 Å². The Bertz CT molecular complexity index is 143. The Morgan fingerprint density at radius 3 is 2.58 bits per heavy atom. The van der Waals surface area contributed by atoms with Crippen LogP contribution in [0.15, 0.2) is 0 Å². The zero-order chi connectivity index (χ0) is 9.19. The second-order valence-electron chi connectivity index (χ2n) is 4.49. The summed E-state index contributed by atoms with van der Waals surface area (Å²) in [5, 5.41) is 0. The zero-order valence-corrected chi connectivity index (χ0v) is 8.34. The van der Waals surface area contributed by atoms with Crippen LogP contribution in [0.4, 0.5) is 0 Å². The fourth-order valence-corrected chi connectivity index (χ4v) is 2.26. The average Bonchev–Trinajstić information content (AvgIpc) is 2.12. The molecule has 0 saturated heterocycles. The second kappa shape index (κ2) is 3.75. The third kappa shape index (κ3) is 2.20. The van der Waals surface area contributed by atoms with Gasteiger partial charge in [0.25, 0.3) is 0 Å². The highest BCUT2D eigenvalue weighted by Gasteiger charge is 2.31. The van der Waals surface area contributed by atoms with Crippen LogP contribution in [0.2, 0.25) is 0 Å². The van der Waals surface area contributed by atoms with Crippen molar-refractivity contribution in [3.05, 3.63) is 0 Å². The summed E-state index contributed by atoms with van der Waals surface area (Å²) in [6.45, 7) is 4.41. The van der Waals surface area contributed by atoms with Crippen LogP contribution in [0.3, 0.4) is 0 Å². The normalized spacial score (nSPS) is 44.0. The quantitative estimate of drug-likeness (QED) is 0.588. The van der Waals surface area contributed by atoms with Crippen molar-refractivity contribution in [1.29, 1.82) is 0 Å². The van der Waals surface area contributed by atoms with Crippen molar-refractivity contribution in [1.82, 2.24) is 0 Å². The van der Waals surface area contributed by atoms with Crippen molar-refractivity contribution in [3.63, 3.8) is 0 Å². The maximum atomic E-state index is 6.24. The predicted molar refractivity (Wildman–Crippen MR) is 52.8 cm³/mol. The van der Waals surface area contributed by atoms with Crippen molar-refractivity contribution in [2.75, 3.05) is 0 Å². The van der Waals surface area contributed by atoms with E-state index in [1.807, 2.05) is 0 Å². The lowest BCUT2D eigenvalue weighted by Gasteiger charge is -2.31. The molecule has 2 nitrogen and oxygen atoms in total. The second-order valence-corrected chi connectivity index (χ2v) is 4.49. The van der Waals surface area contributed by atoms with Crippen LogP contribution in [0.1, 0.15) is 46.0 Å². The van der Waals surface area contributed by atoms with E-state index in [9.17, 15) is 0 Å². The highest BCUT2D eigenvalue weighted by atomic mass is 14.8. The van der Waals surface area contributed by atoms with E-state index in [-0.39, 0.29) is 5.54 Å². The Morgan fingerprint density at radius 2 is 2.00 bits per heavy atom. The van der Waals surface area contributed by atoms with E-state index in [2.05, 4.69) is 13.8 Å². The summed E-state index contributed by atoms with van der Waals surface area (Å²) in [7, 11) is 0. The molecule has 0 radical (unpaired) electrons. The Kier molecular flexibility index (Phi) is 3.13. The highest BCUT2D eigenvalue weighted by molar-refractivity contribution is 4.90. The van der Waals surface area contributed by atoms with E-state index in [4.69, 9.17) is 11.5 Å². The van der Waals surface area contributed by atoms with Crippen LogP contribution in [0.25, 0.3) is 0 Å². The number of nitrogens with two attached hydrogens (primary N) is 2. The van der Waals surface area contributed by atoms with Crippen LogP contribution in [-0.4, -0.2) is 11.6 Å². The minimum atomic E-state index is 0.0306. The molecule has 1 aliphatic rings. The standard InChI is InChI=1S/C10H22N2/c1-3-8-4-5-9(11)6-7-10(8,2)12/h8-9H,3-7,11-12H2,1-2H3. The Hall–Kier alpha value is -0.0800. The van der Waals surface area contributed by atoms with Gasteiger partial charge in [-0.15, -0.1) is 0 Å². The SMILES string of the molecule is CCC1CCC(N)CCC1(C)N. The molecule has 0 spiro atoms. The molecule has 0 amide bonds. The average molecular weight is 170 g/mol. The molecule has 0 bridgehead atoms. The van der Waals surface area contributed by atoms with Gasteiger partial charge in [-0.05, 0) is 38.5 Å². The van der Waals surface area contributed by atoms with Gasteiger partial charge in [0.05, 0.1) is 0 Å². The van der Waals surface area contributed by atoms with E-state index in [0.29, 0.717) is 12.0 Å². The first-order chi connectivity index (χ1) is 5.56. The van der Waals surface area contributed by atoms with E-state index < -0.39 is 0 Å². The largest absolute Gasteiger partial charge is 0.328 e. The molecule has 0 aliphatic heterocycles. The lowest BCUT2D eigenvalue weighted by Crippen LogP contribution is -2.43. The smallest absolute Gasteiger partial charge is 0.0154 e. The third-order valence-electron chi connectivity index (χ3n) is 3.37. The van der Waals surface area contributed by atoms with Gasteiger partial charge in [0.1, 0.15) is 0 Å². The molecule has 0 heterocycles. The van der Waals surface area contributed by atoms with Crippen molar-refractivity contribution in [3.8, 4) is 0 Å². The summed E-state index contributed by atoms with van der Waals surface area (Å²) in [4.78, 5) is 0. The molecular formula is C10H22N2. The number of hydrogen-bond donors (Lipinski definition) is 2. The molecule has 0 aromatic rings. The molecule has 4 N–H and O–H groups in total. The van der Waals surface area contributed by atoms with E-state index in [0.717, 1.165) is 19.3 Å². The monoisotopic (exact) mass is 170 g/mol. The maximum absolute atomic E-state index is 6.24. The summed E-state index contributed by atoms with van der Waals surface area (Å²) >= 11 is 0. The van der Waals surface area contributed by atoms with Crippen molar-refractivity contribution < 1.29 is 0 Å². The van der Waals surface area contributed by atoms with Gasteiger partial charge in [-0.1, -0.05) is 13.3 Å². The molecule has 1 saturated carbocycles. The van der Waals surface area contributed by atoms with Crippen LogP contribution in [0.5, 0.6) is 0 Å². The minimum absolute atomic E-state index is 0.0306. The Labute approximate surface area is 75.7 Å². The highest BCUT2D eigenvalue weighted by Crippen LogP contribution is 2.31. The predicted octanol–water partition coefficient (Wildman–Crippen LogP) is 1.63. The summed E-state index contributed by atoms with van der Waals surface area (Å²) in [5.74, 6) is 0.672. The van der Waals surface area contributed by atoms with Crippen molar-refractivity contribution in [2.24, 2.45) is 17.4 Å². The molecule has 1 aliphatic carbocycles. The molecule has 1 rings (SSSR count). The fourth-order valence-electron chi connectivity index (χ4n) is 2.26. The van der Waals surface area contributed by atoms with Crippen molar-refractivity contribution >= 4 is 0 Å². The van der Waals surface area contributed by atoms with E-state index >= 15 is 0 Å². The first kappa shape index (κ1) is 10.0. The summed E-state index contributed by atoms with van der Waals surface area (Å²) in [5.41, 5.74) is 12.2. The molecular weight excluding hydrogens is 148 g/mol. The molecule has 3 unspecified atom stereocenters. The lowest BCUT2D eigenvalue weighted by atomic mass is 9.81. The first-order valence-electron chi connectivity index (χ1n) is 5.10. The maximum Gasteiger partial charge on any atom is 0.0154 e. The number of hydrogen-bond acceptors (Lipinski definition) is 2. The molecule has 0 aromatic carbocycles. The van der Waals surface area contributed by atoms with Gasteiger partial charge in [-0.3, -0.25) is 0 Å². The van der Waals surface area contributed by atoms with Crippen LogP contribution < -0.4 is 11.5 Å². The van der Waals surface area contributed by atoms with Crippen LogP contribution in [0, 0.1) is 5.92 Å². The summed E-state index contributed by atoms with van der Waals surface area (Å²) in [6.07, 6.45) is 5.76.